The van der Waals surface area contributed by atoms with Crippen LogP contribution in [-0.4, -0.2) is 5.11 Å². The van der Waals surface area contributed by atoms with E-state index in [1.165, 1.54) is 5.56 Å². The Morgan fingerprint density at radius 2 is 1.85 bits per heavy atom. The molecule has 1 aliphatic rings. The molecule has 13 heavy (non-hydrogen) atoms. The molecule has 1 aliphatic carbocycles. The van der Waals surface area contributed by atoms with Crippen molar-refractivity contribution < 1.29 is 5.11 Å². The van der Waals surface area contributed by atoms with Crippen molar-refractivity contribution in [1.29, 1.82) is 0 Å². The summed E-state index contributed by atoms with van der Waals surface area (Å²) in [6.07, 6.45) is 2.14. The number of hydrogen-bond donors (Lipinski definition) is 2. The number of aromatic hydroxyl groups is 1. The lowest BCUT2D eigenvalue weighted by atomic mass is 9.97. The normalized spacial score (nSPS) is 18.7. The molecule has 0 atom stereocenters. The van der Waals surface area contributed by atoms with Crippen LogP contribution in [0.5, 0.6) is 5.75 Å². The summed E-state index contributed by atoms with van der Waals surface area (Å²) >= 11 is 0. The van der Waals surface area contributed by atoms with E-state index in [1.807, 2.05) is 19.9 Å². The standard InChI is InChI=1S/C11H15NO/c1-7-6-10(13)8(2)5-9(7)11(12)3-4-11/h5-6,13H,3-4,12H2,1-2H3. The predicted octanol–water partition coefficient (Wildman–Crippen LogP) is 1.96. The van der Waals surface area contributed by atoms with E-state index < -0.39 is 0 Å². The minimum atomic E-state index is -0.0947. The zero-order valence-electron chi connectivity index (χ0n) is 8.09. The summed E-state index contributed by atoms with van der Waals surface area (Å²) < 4.78 is 0. The molecule has 1 aromatic carbocycles. The molecule has 2 heteroatoms. The van der Waals surface area contributed by atoms with Gasteiger partial charge < -0.3 is 10.8 Å². The fraction of sp³-hybridized carbons (Fsp3) is 0.455. The molecule has 2 nitrogen and oxygen atoms in total. The molecule has 0 radical (unpaired) electrons. The van der Waals surface area contributed by atoms with Gasteiger partial charge in [0.05, 0.1) is 0 Å². The Kier molecular flexibility index (Phi) is 1.64. The molecule has 2 rings (SSSR count). The van der Waals surface area contributed by atoms with Crippen molar-refractivity contribution in [3.8, 4) is 5.75 Å². The summed E-state index contributed by atoms with van der Waals surface area (Å²) in [6.45, 7) is 3.91. The number of aryl methyl sites for hydroxylation is 2. The third-order valence-electron chi connectivity index (χ3n) is 2.87. The van der Waals surface area contributed by atoms with Gasteiger partial charge in [0, 0.05) is 5.54 Å². The van der Waals surface area contributed by atoms with Crippen molar-refractivity contribution in [1.82, 2.24) is 0 Å². The topological polar surface area (TPSA) is 46.2 Å². The third kappa shape index (κ3) is 1.31. The Balaban J connectivity index is 2.52. The lowest BCUT2D eigenvalue weighted by Gasteiger charge is -2.14. The highest BCUT2D eigenvalue weighted by Gasteiger charge is 2.41. The Labute approximate surface area is 78.4 Å². The maximum absolute atomic E-state index is 9.47. The van der Waals surface area contributed by atoms with Crippen LogP contribution in [0.15, 0.2) is 12.1 Å². The van der Waals surface area contributed by atoms with Gasteiger partial charge >= 0.3 is 0 Å². The van der Waals surface area contributed by atoms with Crippen LogP contribution in [-0.2, 0) is 5.54 Å². The minimum absolute atomic E-state index is 0.0947. The summed E-state index contributed by atoms with van der Waals surface area (Å²) in [4.78, 5) is 0. The van der Waals surface area contributed by atoms with Crippen LogP contribution < -0.4 is 5.73 Å². The molecule has 1 fully saturated rings. The molecule has 70 valence electrons. The second kappa shape index (κ2) is 2.48. The van der Waals surface area contributed by atoms with E-state index in [0.717, 1.165) is 24.0 Å². The lowest BCUT2D eigenvalue weighted by Crippen LogP contribution is -2.20. The fourth-order valence-electron chi connectivity index (χ4n) is 1.74. The summed E-state index contributed by atoms with van der Waals surface area (Å²) in [7, 11) is 0. The van der Waals surface area contributed by atoms with Crippen LogP contribution in [0.25, 0.3) is 0 Å². The molecule has 0 bridgehead atoms. The summed E-state index contributed by atoms with van der Waals surface area (Å²) in [5.41, 5.74) is 9.22. The van der Waals surface area contributed by atoms with Gasteiger partial charge in [-0.2, -0.15) is 0 Å². The monoisotopic (exact) mass is 177 g/mol. The maximum atomic E-state index is 9.47. The third-order valence-corrected chi connectivity index (χ3v) is 2.87. The molecule has 0 spiro atoms. The molecule has 0 unspecified atom stereocenters. The molecular weight excluding hydrogens is 162 g/mol. The number of phenols is 1. The fourth-order valence-corrected chi connectivity index (χ4v) is 1.74. The van der Waals surface area contributed by atoms with Crippen LogP contribution in [0.1, 0.15) is 29.5 Å². The van der Waals surface area contributed by atoms with Gasteiger partial charge in [0.25, 0.3) is 0 Å². The van der Waals surface area contributed by atoms with E-state index >= 15 is 0 Å². The summed E-state index contributed by atoms with van der Waals surface area (Å²) in [5, 5.41) is 9.47. The average Bonchev–Trinajstić information content (AvgIpc) is 2.77. The second-order valence-corrected chi connectivity index (χ2v) is 4.11. The highest BCUT2D eigenvalue weighted by atomic mass is 16.3. The average molecular weight is 177 g/mol. The van der Waals surface area contributed by atoms with E-state index in [0.29, 0.717) is 5.75 Å². The first-order valence-corrected chi connectivity index (χ1v) is 4.62. The Hall–Kier alpha value is -1.02. The first kappa shape index (κ1) is 8.57. The van der Waals surface area contributed by atoms with E-state index in [-0.39, 0.29) is 5.54 Å². The molecule has 0 saturated heterocycles. The predicted molar refractivity (Wildman–Crippen MR) is 52.7 cm³/mol. The maximum Gasteiger partial charge on any atom is 0.118 e. The molecule has 3 N–H and O–H groups in total. The molecule has 0 amide bonds. The number of nitrogens with two attached hydrogens (primary N) is 1. The van der Waals surface area contributed by atoms with Crippen molar-refractivity contribution in [3.05, 3.63) is 28.8 Å². The van der Waals surface area contributed by atoms with E-state index in [9.17, 15) is 5.11 Å². The van der Waals surface area contributed by atoms with E-state index in [4.69, 9.17) is 5.73 Å². The lowest BCUT2D eigenvalue weighted by molar-refractivity contribution is 0.470. The van der Waals surface area contributed by atoms with Crippen molar-refractivity contribution in [3.63, 3.8) is 0 Å². The SMILES string of the molecule is Cc1cc(C2(N)CC2)c(C)cc1O. The Morgan fingerprint density at radius 3 is 2.38 bits per heavy atom. The molecule has 1 aromatic rings. The number of rotatable bonds is 1. The summed E-state index contributed by atoms with van der Waals surface area (Å²) in [6, 6.07) is 3.81. The van der Waals surface area contributed by atoms with Crippen LogP contribution in [0.3, 0.4) is 0 Å². The van der Waals surface area contributed by atoms with Crippen LogP contribution in [0.4, 0.5) is 0 Å². The van der Waals surface area contributed by atoms with Gasteiger partial charge in [-0.1, -0.05) is 6.07 Å². The molecule has 0 aliphatic heterocycles. The largest absolute Gasteiger partial charge is 0.508 e. The van der Waals surface area contributed by atoms with Crippen LogP contribution in [0.2, 0.25) is 0 Å². The van der Waals surface area contributed by atoms with Gasteiger partial charge in [0.1, 0.15) is 5.75 Å². The minimum Gasteiger partial charge on any atom is -0.508 e. The van der Waals surface area contributed by atoms with Gasteiger partial charge in [0.15, 0.2) is 0 Å². The molecule has 1 saturated carbocycles. The van der Waals surface area contributed by atoms with Crippen molar-refractivity contribution >= 4 is 0 Å². The van der Waals surface area contributed by atoms with Gasteiger partial charge in [0.2, 0.25) is 0 Å². The van der Waals surface area contributed by atoms with E-state index in [2.05, 4.69) is 0 Å². The number of benzene rings is 1. The number of phenolic OH excluding ortho intramolecular Hbond substituents is 1. The van der Waals surface area contributed by atoms with Crippen molar-refractivity contribution in [2.24, 2.45) is 5.73 Å². The van der Waals surface area contributed by atoms with Crippen LogP contribution in [0, 0.1) is 13.8 Å². The second-order valence-electron chi connectivity index (χ2n) is 4.11. The molecule has 0 heterocycles. The molecular formula is C11H15NO. The summed E-state index contributed by atoms with van der Waals surface area (Å²) in [5.74, 6) is 0.366. The van der Waals surface area contributed by atoms with Gasteiger partial charge in [-0.05, 0) is 49.4 Å². The quantitative estimate of drug-likeness (QED) is 0.688. The van der Waals surface area contributed by atoms with Gasteiger partial charge in [-0.15, -0.1) is 0 Å². The smallest absolute Gasteiger partial charge is 0.118 e. The Morgan fingerprint density at radius 1 is 1.23 bits per heavy atom. The van der Waals surface area contributed by atoms with E-state index in [1.54, 1.807) is 6.07 Å². The van der Waals surface area contributed by atoms with Crippen molar-refractivity contribution in [2.45, 2.75) is 32.2 Å². The molecule has 0 aromatic heterocycles. The first-order valence-electron chi connectivity index (χ1n) is 4.62. The highest BCUT2D eigenvalue weighted by Crippen LogP contribution is 2.45. The highest BCUT2D eigenvalue weighted by molar-refractivity contribution is 5.45. The van der Waals surface area contributed by atoms with Crippen molar-refractivity contribution in [2.75, 3.05) is 0 Å². The Bertz CT molecular complexity index is 353. The zero-order chi connectivity index (χ0) is 9.64. The zero-order valence-corrected chi connectivity index (χ0v) is 8.09. The van der Waals surface area contributed by atoms with Gasteiger partial charge in [-0.25, -0.2) is 0 Å². The van der Waals surface area contributed by atoms with Gasteiger partial charge in [-0.3, -0.25) is 0 Å². The first-order chi connectivity index (χ1) is 6.03. The number of hydrogen-bond acceptors (Lipinski definition) is 2. The van der Waals surface area contributed by atoms with Crippen LogP contribution >= 0.6 is 0 Å².